The van der Waals surface area contributed by atoms with Crippen molar-refractivity contribution in [3.63, 3.8) is 0 Å². The molecule has 0 fully saturated rings. The molecule has 1 N–H and O–H groups in total. The normalized spacial score (nSPS) is 13.0. The smallest absolute Gasteiger partial charge is 0.0949 e. The van der Waals surface area contributed by atoms with Crippen LogP contribution in [0.4, 0.5) is 0 Å². The highest BCUT2D eigenvalue weighted by Crippen LogP contribution is 2.03. The van der Waals surface area contributed by atoms with Crippen LogP contribution in [0.1, 0.15) is 26.5 Å². The second kappa shape index (κ2) is 6.58. The van der Waals surface area contributed by atoms with E-state index in [-0.39, 0.29) is 6.10 Å². The van der Waals surface area contributed by atoms with Crippen molar-refractivity contribution in [1.29, 1.82) is 0 Å². The van der Waals surface area contributed by atoms with Gasteiger partial charge in [0.2, 0.25) is 0 Å². The van der Waals surface area contributed by atoms with Crippen molar-refractivity contribution in [1.82, 2.24) is 14.9 Å². The Balaban J connectivity index is 2.48. The first-order chi connectivity index (χ1) is 7.27. The summed E-state index contributed by atoms with van der Waals surface area (Å²) >= 11 is 0. The Morgan fingerprint density at radius 1 is 1.53 bits per heavy atom. The van der Waals surface area contributed by atoms with Gasteiger partial charge in [-0.3, -0.25) is 0 Å². The second-order valence-electron chi connectivity index (χ2n) is 3.58. The van der Waals surface area contributed by atoms with Gasteiger partial charge in [-0.25, -0.2) is 4.98 Å². The van der Waals surface area contributed by atoms with Crippen LogP contribution >= 0.6 is 0 Å². The molecule has 1 aromatic rings. The van der Waals surface area contributed by atoms with E-state index in [1.165, 1.54) is 5.69 Å². The Morgan fingerprint density at radius 2 is 2.33 bits per heavy atom. The third kappa shape index (κ3) is 4.01. The number of ether oxygens (including phenoxy) is 1. The number of hydrogen-bond acceptors (Lipinski definition) is 3. The predicted octanol–water partition coefficient (Wildman–Crippen LogP) is 1.42. The summed E-state index contributed by atoms with van der Waals surface area (Å²) in [4.78, 5) is 4.16. The first kappa shape index (κ1) is 12.2. The maximum Gasteiger partial charge on any atom is 0.0949 e. The van der Waals surface area contributed by atoms with Crippen LogP contribution in [0.3, 0.4) is 0 Å². The predicted molar refractivity (Wildman–Crippen MR) is 60.7 cm³/mol. The summed E-state index contributed by atoms with van der Waals surface area (Å²) < 4.78 is 7.65. The lowest BCUT2D eigenvalue weighted by molar-refractivity contribution is 0.0634. The standard InChI is InChI=1S/C11H21N3O/c1-4-12-6-11-7-13-9-14(11)8-10(3)15-5-2/h7,9-10,12H,4-6,8H2,1-3H3. The van der Waals surface area contributed by atoms with Crippen molar-refractivity contribution in [2.24, 2.45) is 0 Å². The molecule has 0 radical (unpaired) electrons. The monoisotopic (exact) mass is 211 g/mol. The van der Waals surface area contributed by atoms with Crippen LogP contribution in [-0.2, 0) is 17.8 Å². The fourth-order valence-electron chi connectivity index (χ4n) is 1.53. The van der Waals surface area contributed by atoms with Gasteiger partial charge >= 0.3 is 0 Å². The second-order valence-corrected chi connectivity index (χ2v) is 3.58. The van der Waals surface area contributed by atoms with Gasteiger partial charge in [-0.1, -0.05) is 6.92 Å². The van der Waals surface area contributed by atoms with Gasteiger partial charge in [0.15, 0.2) is 0 Å². The number of nitrogens with zero attached hydrogens (tertiary/aromatic N) is 2. The van der Waals surface area contributed by atoms with E-state index in [4.69, 9.17) is 4.74 Å². The zero-order valence-electron chi connectivity index (χ0n) is 9.86. The first-order valence-electron chi connectivity index (χ1n) is 5.59. The van der Waals surface area contributed by atoms with E-state index >= 15 is 0 Å². The van der Waals surface area contributed by atoms with E-state index in [1.54, 1.807) is 0 Å². The van der Waals surface area contributed by atoms with Crippen molar-refractivity contribution in [3.8, 4) is 0 Å². The molecule has 0 aliphatic heterocycles. The molecule has 0 spiro atoms. The minimum Gasteiger partial charge on any atom is -0.377 e. The molecule has 1 aromatic heterocycles. The zero-order valence-corrected chi connectivity index (χ0v) is 9.86. The van der Waals surface area contributed by atoms with Gasteiger partial charge in [0.25, 0.3) is 0 Å². The summed E-state index contributed by atoms with van der Waals surface area (Å²) in [5, 5.41) is 3.29. The van der Waals surface area contributed by atoms with Gasteiger partial charge in [0, 0.05) is 25.9 Å². The molecule has 0 saturated heterocycles. The average molecular weight is 211 g/mol. The van der Waals surface area contributed by atoms with E-state index in [1.807, 2.05) is 19.4 Å². The number of hydrogen-bond donors (Lipinski definition) is 1. The van der Waals surface area contributed by atoms with Crippen LogP contribution in [0.5, 0.6) is 0 Å². The summed E-state index contributed by atoms with van der Waals surface area (Å²) in [6, 6.07) is 0. The molecular weight excluding hydrogens is 190 g/mol. The Kier molecular flexibility index (Phi) is 5.36. The number of aromatic nitrogens is 2. The SMILES string of the molecule is CCNCc1cncn1CC(C)OCC. The minimum atomic E-state index is 0.240. The molecule has 4 heteroatoms. The average Bonchev–Trinajstić information content (AvgIpc) is 2.63. The molecule has 0 saturated carbocycles. The van der Waals surface area contributed by atoms with Crippen molar-refractivity contribution in [2.75, 3.05) is 13.2 Å². The Morgan fingerprint density at radius 3 is 3.00 bits per heavy atom. The van der Waals surface area contributed by atoms with Gasteiger partial charge in [-0.2, -0.15) is 0 Å². The molecule has 1 heterocycles. The lowest BCUT2D eigenvalue weighted by Crippen LogP contribution is -2.20. The largest absolute Gasteiger partial charge is 0.377 e. The lowest BCUT2D eigenvalue weighted by Gasteiger charge is -2.14. The summed E-state index contributed by atoms with van der Waals surface area (Å²) in [6.07, 6.45) is 4.01. The van der Waals surface area contributed by atoms with E-state index in [0.29, 0.717) is 0 Å². The number of imidazole rings is 1. The minimum absolute atomic E-state index is 0.240. The zero-order chi connectivity index (χ0) is 11.1. The maximum atomic E-state index is 5.51. The molecule has 0 bridgehead atoms. The molecule has 15 heavy (non-hydrogen) atoms. The van der Waals surface area contributed by atoms with Crippen LogP contribution in [-0.4, -0.2) is 28.8 Å². The third-order valence-electron chi connectivity index (χ3n) is 2.26. The Bertz CT molecular complexity index is 273. The van der Waals surface area contributed by atoms with Gasteiger partial charge in [0.05, 0.1) is 18.1 Å². The molecular formula is C11H21N3O. The molecule has 1 rings (SSSR count). The molecule has 0 aliphatic carbocycles. The van der Waals surface area contributed by atoms with E-state index in [0.717, 1.165) is 26.2 Å². The number of nitrogens with one attached hydrogen (secondary N) is 1. The topological polar surface area (TPSA) is 39.1 Å². The van der Waals surface area contributed by atoms with Gasteiger partial charge in [-0.05, 0) is 20.4 Å². The Labute approximate surface area is 91.7 Å². The fourth-order valence-corrected chi connectivity index (χ4v) is 1.53. The molecule has 0 aliphatic rings. The maximum absolute atomic E-state index is 5.51. The molecule has 0 aromatic carbocycles. The van der Waals surface area contributed by atoms with Crippen molar-refractivity contribution >= 4 is 0 Å². The molecule has 1 atom stereocenters. The lowest BCUT2D eigenvalue weighted by atomic mass is 10.3. The fraction of sp³-hybridized carbons (Fsp3) is 0.727. The van der Waals surface area contributed by atoms with E-state index in [9.17, 15) is 0 Å². The quantitative estimate of drug-likeness (QED) is 0.741. The number of rotatable bonds is 7. The summed E-state index contributed by atoms with van der Waals surface area (Å²) in [6.45, 7) is 9.68. The van der Waals surface area contributed by atoms with Crippen LogP contribution in [0.2, 0.25) is 0 Å². The summed E-state index contributed by atoms with van der Waals surface area (Å²) in [5.74, 6) is 0. The Hall–Kier alpha value is -0.870. The van der Waals surface area contributed by atoms with Crippen molar-refractivity contribution in [3.05, 3.63) is 18.2 Å². The van der Waals surface area contributed by atoms with Crippen LogP contribution < -0.4 is 5.32 Å². The molecule has 1 unspecified atom stereocenters. The summed E-state index contributed by atoms with van der Waals surface area (Å²) in [7, 11) is 0. The van der Waals surface area contributed by atoms with Gasteiger partial charge in [-0.15, -0.1) is 0 Å². The first-order valence-corrected chi connectivity index (χ1v) is 5.59. The van der Waals surface area contributed by atoms with E-state index < -0.39 is 0 Å². The highest BCUT2D eigenvalue weighted by molar-refractivity contribution is 4.98. The van der Waals surface area contributed by atoms with Crippen molar-refractivity contribution < 1.29 is 4.74 Å². The third-order valence-corrected chi connectivity index (χ3v) is 2.26. The van der Waals surface area contributed by atoms with Crippen LogP contribution in [0, 0.1) is 0 Å². The molecule has 86 valence electrons. The summed E-state index contributed by atoms with van der Waals surface area (Å²) in [5.41, 5.74) is 1.21. The van der Waals surface area contributed by atoms with Crippen LogP contribution in [0.15, 0.2) is 12.5 Å². The van der Waals surface area contributed by atoms with Crippen molar-refractivity contribution in [2.45, 2.75) is 40.0 Å². The van der Waals surface area contributed by atoms with Gasteiger partial charge in [0.1, 0.15) is 0 Å². The highest BCUT2D eigenvalue weighted by atomic mass is 16.5. The molecule has 0 amide bonds. The van der Waals surface area contributed by atoms with Crippen LogP contribution in [0.25, 0.3) is 0 Å². The van der Waals surface area contributed by atoms with Gasteiger partial charge < -0.3 is 14.6 Å². The van der Waals surface area contributed by atoms with E-state index in [2.05, 4.69) is 28.7 Å². The molecule has 4 nitrogen and oxygen atoms in total. The highest BCUT2D eigenvalue weighted by Gasteiger charge is 2.06.